The van der Waals surface area contributed by atoms with Crippen LogP contribution in [0.5, 0.6) is 5.75 Å². The molecule has 22 heavy (non-hydrogen) atoms. The summed E-state index contributed by atoms with van der Waals surface area (Å²) < 4.78 is 5.57. The zero-order valence-corrected chi connectivity index (χ0v) is 13.0. The number of hydrogen-bond acceptors (Lipinski definition) is 3. The van der Waals surface area contributed by atoms with Gasteiger partial charge in [0.05, 0.1) is 6.54 Å². The van der Waals surface area contributed by atoms with Crippen molar-refractivity contribution in [1.29, 1.82) is 0 Å². The second kappa shape index (κ2) is 7.09. The lowest BCUT2D eigenvalue weighted by Gasteiger charge is -2.24. The van der Waals surface area contributed by atoms with Crippen LogP contribution in [-0.4, -0.2) is 19.1 Å². The van der Waals surface area contributed by atoms with E-state index >= 15 is 0 Å². The van der Waals surface area contributed by atoms with Gasteiger partial charge in [-0.15, -0.1) is 0 Å². The molecule has 2 rings (SSSR count). The smallest absolute Gasteiger partial charge is 0.244 e. The molecule has 1 atom stereocenters. The Balaban J connectivity index is 1.81. The zero-order valence-electron chi connectivity index (χ0n) is 13.0. The highest BCUT2D eigenvalue weighted by atomic mass is 16.5. The summed E-state index contributed by atoms with van der Waals surface area (Å²) in [6, 6.07) is 17.1. The number of benzene rings is 2. The number of amides is 1. The van der Waals surface area contributed by atoms with E-state index in [1.807, 2.05) is 61.5 Å². The highest BCUT2D eigenvalue weighted by molar-refractivity contribution is 5.86. The van der Waals surface area contributed by atoms with Gasteiger partial charge in [-0.2, -0.15) is 0 Å². The lowest BCUT2D eigenvalue weighted by Crippen LogP contribution is -2.49. The monoisotopic (exact) mass is 298 g/mol. The molecule has 0 aromatic heterocycles. The van der Waals surface area contributed by atoms with Crippen molar-refractivity contribution in [2.45, 2.75) is 19.4 Å². The summed E-state index contributed by atoms with van der Waals surface area (Å²) in [4.78, 5) is 12.2. The van der Waals surface area contributed by atoms with E-state index in [0.717, 1.165) is 11.3 Å². The van der Waals surface area contributed by atoms with E-state index in [1.54, 1.807) is 6.92 Å². The third-order valence-corrected chi connectivity index (χ3v) is 3.52. The van der Waals surface area contributed by atoms with Gasteiger partial charge in [-0.05, 0) is 31.5 Å². The number of carbonyl (C=O) groups is 1. The van der Waals surface area contributed by atoms with E-state index in [1.165, 1.54) is 5.56 Å². The standard InChI is InChI=1S/C18H22N2O2/c1-14-8-10-16(11-9-14)22-13-12-20-17(21)18(2,19)15-6-4-3-5-7-15/h3-11H,12-13,19H2,1-2H3,(H,20,21). The van der Waals surface area contributed by atoms with E-state index in [0.29, 0.717) is 13.2 Å². The maximum Gasteiger partial charge on any atom is 0.244 e. The number of aryl methyl sites for hydroxylation is 1. The molecule has 0 saturated carbocycles. The largest absolute Gasteiger partial charge is 0.492 e. The molecule has 0 aliphatic heterocycles. The van der Waals surface area contributed by atoms with Crippen LogP contribution in [0.2, 0.25) is 0 Å². The number of hydrogen-bond donors (Lipinski definition) is 2. The van der Waals surface area contributed by atoms with Crippen LogP contribution in [0, 0.1) is 6.92 Å². The third-order valence-electron chi connectivity index (χ3n) is 3.52. The maximum absolute atomic E-state index is 12.2. The van der Waals surface area contributed by atoms with Crippen molar-refractivity contribution in [3.05, 3.63) is 65.7 Å². The van der Waals surface area contributed by atoms with Crippen molar-refractivity contribution in [1.82, 2.24) is 5.32 Å². The summed E-state index contributed by atoms with van der Waals surface area (Å²) in [5, 5.41) is 2.81. The fraction of sp³-hybridized carbons (Fsp3) is 0.278. The molecule has 2 aromatic rings. The fourth-order valence-electron chi connectivity index (χ4n) is 2.07. The third kappa shape index (κ3) is 4.09. The van der Waals surface area contributed by atoms with Gasteiger partial charge in [-0.3, -0.25) is 4.79 Å². The van der Waals surface area contributed by atoms with Crippen molar-refractivity contribution >= 4 is 5.91 Å². The fourth-order valence-corrected chi connectivity index (χ4v) is 2.07. The van der Waals surface area contributed by atoms with Crippen molar-refractivity contribution in [2.24, 2.45) is 5.73 Å². The Hall–Kier alpha value is -2.33. The van der Waals surface area contributed by atoms with Crippen LogP contribution in [0.15, 0.2) is 54.6 Å². The van der Waals surface area contributed by atoms with Gasteiger partial charge < -0.3 is 15.8 Å². The minimum Gasteiger partial charge on any atom is -0.492 e. The van der Waals surface area contributed by atoms with Gasteiger partial charge in [0, 0.05) is 0 Å². The first-order valence-electron chi connectivity index (χ1n) is 7.32. The van der Waals surface area contributed by atoms with Crippen LogP contribution in [0.3, 0.4) is 0 Å². The molecule has 0 aliphatic rings. The number of nitrogens with one attached hydrogen (secondary N) is 1. The first-order valence-corrected chi connectivity index (χ1v) is 7.32. The molecule has 0 aliphatic carbocycles. The van der Waals surface area contributed by atoms with Crippen LogP contribution in [-0.2, 0) is 10.3 Å². The molecule has 0 heterocycles. The van der Waals surface area contributed by atoms with Crippen LogP contribution in [0.4, 0.5) is 0 Å². The topological polar surface area (TPSA) is 64.3 Å². The minimum atomic E-state index is -1.05. The SMILES string of the molecule is Cc1ccc(OCCNC(=O)C(C)(N)c2ccccc2)cc1. The molecule has 4 nitrogen and oxygen atoms in total. The van der Waals surface area contributed by atoms with Gasteiger partial charge >= 0.3 is 0 Å². The molecule has 0 radical (unpaired) electrons. The zero-order chi connectivity index (χ0) is 16.0. The molecule has 2 aromatic carbocycles. The van der Waals surface area contributed by atoms with Gasteiger partial charge in [0.2, 0.25) is 5.91 Å². The van der Waals surface area contributed by atoms with Crippen molar-refractivity contribution in [3.63, 3.8) is 0 Å². The first kappa shape index (κ1) is 16.0. The first-order chi connectivity index (χ1) is 10.5. The van der Waals surface area contributed by atoms with Gasteiger partial charge in [0.25, 0.3) is 0 Å². The second-order valence-corrected chi connectivity index (χ2v) is 5.49. The van der Waals surface area contributed by atoms with Crippen molar-refractivity contribution < 1.29 is 9.53 Å². The molecule has 1 unspecified atom stereocenters. The number of ether oxygens (including phenoxy) is 1. The average Bonchev–Trinajstić information content (AvgIpc) is 2.54. The minimum absolute atomic E-state index is 0.216. The quantitative estimate of drug-likeness (QED) is 0.805. The van der Waals surface area contributed by atoms with Crippen molar-refractivity contribution in [3.8, 4) is 5.75 Å². The highest BCUT2D eigenvalue weighted by Crippen LogP contribution is 2.17. The summed E-state index contributed by atoms with van der Waals surface area (Å²) in [5.74, 6) is 0.574. The van der Waals surface area contributed by atoms with Gasteiger partial charge in [-0.1, -0.05) is 48.0 Å². The molecule has 0 spiro atoms. The molecule has 3 N–H and O–H groups in total. The van der Waals surface area contributed by atoms with Crippen LogP contribution in [0.1, 0.15) is 18.1 Å². The summed E-state index contributed by atoms with van der Waals surface area (Å²) in [5.41, 5.74) is 7.06. The van der Waals surface area contributed by atoms with Crippen LogP contribution >= 0.6 is 0 Å². The van der Waals surface area contributed by atoms with Crippen molar-refractivity contribution in [2.75, 3.05) is 13.2 Å². The molecule has 0 bridgehead atoms. The Morgan fingerprint density at radius 2 is 1.77 bits per heavy atom. The van der Waals surface area contributed by atoms with Gasteiger partial charge in [-0.25, -0.2) is 0 Å². The Kier molecular flexibility index (Phi) is 5.17. The van der Waals surface area contributed by atoms with Gasteiger partial charge in [0.15, 0.2) is 0 Å². The van der Waals surface area contributed by atoms with E-state index in [9.17, 15) is 4.79 Å². The van der Waals surface area contributed by atoms with E-state index in [4.69, 9.17) is 10.5 Å². The predicted molar refractivity (Wildman–Crippen MR) is 87.7 cm³/mol. The Labute approximate surface area is 131 Å². The molecular formula is C18H22N2O2. The predicted octanol–water partition coefficient (Wildman–Crippen LogP) is 2.36. The molecule has 0 fully saturated rings. The number of rotatable bonds is 6. The normalized spacial score (nSPS) is 13.2. The highest BCUT2D eigenvalue weighted by Gasteiger charge is 2.29. The lowest BCUT2D eigenvalue weighted by atomic mass is 9.92. The summed E-state index contributed by atoms with van der Waals surface area (Å²) >= 11 is 0. The number of carbonyl (C=O) groups excluding carboxylic acids is 1. The lowest BCUT2D eigenvalue weighted by molar-refractivity contribution is -0.126. The average molecular weight is 298 g/mol. The summed E-state index contributed by atoms with van der Waals surface area (Å²) in [7, 11) is 0. The van der Waals surface area contributed by atoms with Crippen LogP contribution in [0.25, 0.3) is 0 Å². The molecule has 4 heteroatoms. The molecular weight excluding hydrogens is 276 g/mol. The summed E-state index contributed by atoms with van der Waals surface area (Å²) in [6.45, 7) is 4.54. The number of nitrogens with two attached hydrogens (primary N) is 1. The van der Waals surface area contributed by atoms with E-state index in [-0.39, 0.29) is 5.91 Å². The summed E-state index contributed by atoms with van der Waals surface area (Å²) in [6.07, 6.45) is 0. The van der Waals surface area contributed by atoms with E-state index in [2.05, 4.69) is 5.32 Å². The van der Waals surface area contributed by atoms with E-state index < -0.39 is 5.54 Å². The maximum atomic E-state index is 12.2. The van der Waals surface area contributed by atoms with Crippen LogP contribution < -0.4 is 15.8 Å². The Morgan fingerprint density at radius 1 is 1.14 bits per heavy atom. The van der Waals surface area contributed by atoms with Gasteiger partial charge in [0.1, 0.15) is 17.9 Å². The second-order valence-electron chi connectivity index (χ2n) is 5.49. The molecule has 116 valence electrons. The molecule has 0 saturated heterocycles. The Morgan fingerprint density at radius 3 is 2.41 bits per heavy atom. The Bertz CT molecular complexity index is 607. The molecule has 1 amide bonds.